The maximum atomic E-state index is 12.4. The number of halogens is 1. The zero-order chi connectivity index (χ0) is 22.5. The largest absolute Gasteiger partial charge is 0.490 e. The van der Waals surface area contributed by atoms with Gasteiger partial charge in [0, 0.05) is 15.7 Å². The maximum absolute atomic E-state index is 12.4. The summed E-state index contributed by atoms with van der Waals surface area (Å²) in [5.74, 6) is 1.50. The summed E-state index contributed by atoms with van der Waals surface area (Å²) >= 11 is 8.81. The van der Waals surface area contributed by atoms with Gasteiger partial charge in [-0.05, 0) is 66.7 Å². The molecule has 0 aliphatic carbocycles. The number of hydrogen-bond donors (Lipinski definition) is 1. The van der Waals surface area contributed by atoms with Crippen molar-refractivity contribution in [3.8, 4) is 11.5 Å². The van der Waals surface area contributed by atoms with Gasteiger partial charge >= 0.3 is 0 Å². The van der Waals surface area contributed by atoms with Crippen LogP contribution in [0.4, 0.5) is 0 Å². The molecule has 2 aliphatic rings. The van der Waals surface area contributed by atoms with Gasteiger partial charge in [-0.1, -0.05) is 17.7 Å². The molecular weight excluding hydrogens is 468 g/mol. The van der Waals surface area contributed by atoms with Gasteiger partial charge in [0.1, 0.15) is 0 Å². The number of nitrogens with one attached hydrogen (secondary N) is 1. The Balaban J connectivity index is 1.45. The topological polar surface area (TPSA) is 87.3 Å². The lowest BCUT2D eigenvalue weighted by Crippen LogP contribution is -2.35. The van der Waals surface area contributed by atoms with Crippen LogP contribution in [0.15, 0.2) is 63.0 Å². The average molecular weight is 487 g/mol. The molecule has 2 aromatic carbocycles. The number of rotatable bonds is 8. The minimum absolute atomic E-state index is 0.00115. The summed E-state index contributed by atoms with van der Waals surface area (Å²) in [6.07, 6.45) is 1.62. The molecule has 0 unspecified atom stereocenters. The van der Waals surface area contributed by atoms with E-state index in [2.05, 4.69) is 10.1 Å². The Labute approximate surface area is 199 Å². The van der Waals surface area contributed by atoms with Crippen molar-refractivity contribution in [3.63, 3.8) is 0 Å². The molecule has 7 nitrogen and oxygen atoms in total. The Kier molecular flexibility index (Phi) is 7.19. The number of hydrogen-bond acceptors (Lipinski definition) is 7. The average Bonchev–Trinajstić information content (AvgIpc) is 3.25. The van der Waals surface area contributed by atoms with Gasteiger partial charge in [0.2, 0.25) is 0 Å². The third-order valence-electron chi connectivity index (χ3n) is 4.40. The summed E-state index contributed by atoms with van der Waals surface area (Å²) in [5.41, 5.74) is 2.43. The highest BCUT2D eigenvalue weighted by Gasteiger charge is 2.32. The molecule has 0 bridgehead atoms. The van der Waals surface area contributed by atoms with Crippen molar-refractivity contribution in [2.75, 3.05) is 19.0 Å². The van der Waals surface area contributed by atoms with Crippen molar-refractivity contribution in [1.29, 1.82) is 5.41 Å². The molecule has 1 amide bonds. The fourth-order valence-electron chi connectivity index (χ4n) is 2.95. The van der Waals surface area contributed by atoms with Crippen LogP contribution in [0.3, 0.4) is 0 Å². The molecule has 164 valence electrons. The zero-order valence-electron chi connectivity index (χ0n) is 17.1. The fourth-order valence-corrected chi connectivity index (χ4v) is 4.41. The molecule has 2 aromatic rings. The SMILES string of the molecule is CCOc1cc(/C=C2\C(=N)N3N=CSC3=NC2=O)ccc1OCCSc1ccc(Cl)cc1. The zero-order valence-corrected chi connectivity index (χ0v) is 19.5. The van der Waals surface area contributed by atoms with Crippen LogP contribution in [0.1, 0.15) is 12.5 Å². The van der Waals surface area contributed by atoms with Gasteiger partial charge in [-0.25, -0.2) is 0 Å². The van der Waals surface area contributed by atoms with Crippen LogP contribution in [0.5, 0.6) is 11.5 Å². The van der Waals surface area contributed by atoms with Crippen LogP contribution in [0, 0.1) is 5.41 Å². The molecule has 32 heavy (non-hydrogen) atoms. The van der Waals surface area contributed by atoms with Crippen molar-refractivity contribution in [2.24, 2.45) is 10.1 Å². The van der Waals surface area contributed by atoms with E-state index in [-0.39, 0.29) is 11.4 Å². The van der Waals surface area contributed by atoms with Crippen molar-refractivity contribution >= 4 is 63.7 Å². The Morgan fingerprint density at radius 3 is 2.78 bits per heavy atom. The van der Waals surface area contributed by atoms with Crippen LogP contribution in [0.2, 0.25) is 5.02 Å². The second kappa shape index (κ2) is 10.2. The van der Waals surface area contributed by atoms with E-state index in [0.29, 0.717) is 40.5 Å². The molecule has 0 aromatic heterocycles. The molecule has 4 rings (SSSR count). The van der Waals surface area contributed by atoms with Gasteiger partial charge in [0.05, 0.1) is 24.3 Å². The molecule has 1 N–H and O–H groups in total. The summed E-state index contributed by atoms with van der Waals surface area (Å²) in [4.78, 5) is 17.5. The van der Waals surface area contributed by atoms with Crippen LogP contribution < -0.4 is 9.47 Å². The number of fused-ring (bicyclic) bond motifs is 1. The first kappa shape index (κ1) is 22.4. The second-order valence-corrected chi connectivity index (χ2v) is 8.96. The molecule has 0 spiro atoms. The highest BCUT2D eigenvalue weighted by molar-refractivity contribution is 8.25. The second-order valence-electron chi connectivity index (χ2n) is 6.55. The minimum atomic E-state index is -0.461. The number of aliphatic imine (C=N–C) groups is 1. The smallest absolute Gasteiger partial charge is 0.283 e. The van der Waals surface area contributed by atoms with E-state index in [1.807, 2.05) is 37.3 Å². The van der Waals surface area contributed by atoms with Crippen molar-refractivity contribution < 1.29 is 14.3 Å². The Morgan fingerprint density at radius 2 is 2.00 bits per heavy atom. The third kappa shape index (κ3) is 5.17. The number of ether oxygens (including phenoxy) is 2. The summed E-state index contributed by atoms with van der Waals surface area (Å²) in [5, 5.41) is 14.8. The number of nitrogens with zero attached hydrogens (tertiary/aromatic N) is 3. The van der Waals surface area contributed by atoms with E-state index in [9.17, 15) is 4.79 Å². The molecule has 0 fully saturated rings. The minimum Gasteiger partial charge on any atom is -0.490 e. The van der Waals surface area contributed by atoms with Gasteiger partial charge < -0.3 is 9.47 Å². The molecule has 0 radical (unpaired) electrons. The fraction of sp³-hybridized carbons (Fsp3) is 0.182. The third-order valence-corrected chi connectivity index (χ3v) is 6.30. The first-order valence-electron chi connectivity index (χ1n) is 9.76. The molecule has 2 heterocycles. The lowest BCUT2D eigenvalue weighted by atomic mass is 10.1. The van der Waals surface area contributed by atoms with Crippen LogP contribution >= 0.6 is 35.1 Å². The summed E-state index contributed by atoms with van der Waals surface area (Å²) in [7, 11) is 0. The van der Waals surface area contributed by atoms with Crippen molar-refractivity contribution in [2.45, 2.75) is 11.8 Å². The highest BCUT2D eigenvalue weighted by Crippen LogP contribution is 2.31. The van der Waals surface area contributed by atoms with Crippen LogP contribution in [-0.2, 0) is 4.79 Å². The molecular formula is C22H19ClN4O3S2. The van der Waals surface area contributed by atoms with Gasteiger partial charge in [0.25, 0.3) is 5.91 Å². The summed E-state index contributed by atoms with van der Waals surface area (Å²) in [6.45, 7) is 2.86. The predicted molar refractivity (Wildman–Crippen MR) is 131 cm³/mol. The van der Waals surface area contributed by atoms with E-state index in [0.717, 1.165) is 10.6 Å². The van der Waals surface area contributed by atoms with Crippen LogP contribution in [0.25, 0.3) is 6.08 Å². The Morgan fingerprint density at radius 1 is 1.19 bits per heavy atom. The van der Waals surface area contributed by atoms with E-state index >= 15 is 0 Å². The quantitative estimate of drug-likeness (QED) is 0.315. The number of carbonyl (C=O) groups is 1. The van der Waals surface area contributed by atoms with Gasteiger partial charge in [-0.3, -0.25) is 10.2 Å². The first-order chi connectivity index (χ1) is 15.5. The highest BCUT2D eigenvalue weighted by atomic mass is 35.5. The Hall–Kier alpha value is -2.75. The molecule has 2 aliphatic heterocycles. The van der Waals surface area contributed by atoms with Gasteiger partial charge in [-0.2, -0.15) is 15.1 Å². The predicted octanol–water partition coefficient (Wildman–Crippen LogP) is 5.16. The number of thioether (sulfide) groups is 2. The molecule has 0 saturated carbocycles. The van der Waals surface area contributed by atoms with E-state index < -0.39 is 5.91 Å². The molecule has 0 atom stereocenters. The Bertz CT molecular complexity index is 1130. The summed E-state index contributed by atoms with van der Waals surface area (Å²) in [6, 6.07) is 13.1. The van der Waals surface area contributed by atoms with Crippen LogP contribution in [-0.4, -0.2) is 46.4 Å². The number of amides is 1. The monoisotopic (exact) mass is 486 g/mol. The van der Waals surface area contributed by atoms with E-state index in [1.165, 1.54) is 16.8 Å². The van der Waals surface area contributed by atoms with Crippen molar-refractivity contribution in [1.82, 2.24) is 5.01 Å². The first-order valence-corrected chi connectivity index (χ1v) is 12.0. The number of amidine groups is 2. The standard InChI is InChI=1S/C22H19ClN4O3S2/c1-2-29-19-12-14(11-17-20(24)27-22(26-21(17)28)32-13-25-27)3-8-18(19)30-9-10-31-16-6-4-15(23)5-7-16/h3-8,11-13,24H,2,9-10H2,1H3/b17-11+,24-20?. The summed E-state index contributed by atoms with van der Waals surface area (Å²) < 4.78 is 11.7. The number of hydrazone groups is 1. The molecule has 10 heteroatoms. The molecule has 0 saturated heterocycles. The van der Waals surface area contributed by atoms with E-state index in [1.54, 1.807) is 35.5 Å². The number of carbonyl (C=O) groups excluding carboxylic acids is 1. The normalized spacial score (nSPS) is 16.4. The van der Waals surface area contributed by atoms with E-state index in [4.69, 9.17) is 26.5 Å². The van der Waals surface area contributed by atoms with Gasteiger partial charge in [0.15, 0.2) is 22.5 Å². The number of benzene rings is 2. The maximum Gasteiger partial charge on any atom is 0.283 e. The lowest BCUT2D eigenvalue weighted by molar-refractivity contribution is -0.114. The van der Waals surface area contributed by atoms with Crippen molar-refractivity contribution in [3.05, 3.63) is 58.6 Å². The van der Waals surface area contributed by atoms with Gasteiger partial charge in [-0.15, -0.1) is 11.8 Å². The lowest BCUT2D eigenvalue weighted by Gasteiger charge is -2.20.